The zero-order valence-corrected chi connectivity index (χ0v) is 9.14. The third-order valence-electron chi connectivity index (χ3n) is 2.00. The Morgan fingerprint density at radius 2 is 2.38 bits per heavy atom. The zero-order valence-electron chi connectivity index (χ0n) is 6.74. The molecule has 0 spiro atoms. The smallest absolute Gasteiger partial charge is 0.256 e. The lowest BCUT2D eigenvalue weighted by Crippen LogP contribution is -2.28. The highest BCUT2D eigenvalue weighted by atomic mass is 79.9. The van der Waals surface area contributed by atoms with Crippen LogP contribution in [0.15, 0.2) is 15.9 Å². The summed E-state index contributed by atoms with van der Waals surface area (Å²) < 4.78 is 0.997. The standard InChI is InChI=1S/C8H8BrNO2S/c9-6-1-2-7(13-6)10-4-3-5(11)8(10)12/h1-2,5,11H,3-4H2. The minimum Gasteiger partial charge on any atom is -0.383 e. The predicted octanol–water partition coefficient (Wildman–Crippen LogP) is 1.61. The van der Waals surface area contributed by atoms with E-state index in [1.165, 1.54) is 11.3 Å². The Morgan fingerprint density at radius 3 is 2.85 bits per heavy atom. The number of thiophene rings is 1. The molecule has 1 aromatic rings. The molecule has 1 N–H and O–H groups in total. The number of anilines is 1. The molecule has 1 aliphatic rings. The fraction of sp³-hybridized carbons (Fsp3) is 0.375. The Kier molecular flexibility index (Phi) is 2.40. The number of halogens is 1. The second kappa shape index (κ2) is 3.40. The van der Waals surface area contributed by atoms with Crippen molar-refractivity contribution >= 4 is 38.2 Å². The SMILES string of the molecule is O=C1C(O)CCN1c1ccc(Br)s1. The number of rotatable bonds is 1. The van der Waals surface area contributed by atoms with Crippen molar-refractivity contribution in [3.8, 4) is 0 Å². The van der Waals surface area contributed by atoms with Gasteiger partial charge in [0.2, 0.25) is 0 Å². The van der Waals surface area contributed by atoms with Crippen molar-refractivity contribution in [2.45, 2.75) is 12.5 Å². The van der Waals surface area contributed by atoms with Crippen molar-refractivity contribution in [2.75, 3.05) is 11.4 Å². The highest BCUT2D eigenvalue weighted by molar-refractivity contribution is 9.11. The van der Waals surface area contributed by atoms with Crippen molar-refractivity contribution in [1.82, 2.24) is 0 Å². The van der Waals surface area contributed by atoms with Crippen LogP contribution in [0.5, 0.6) is 0 Å². The van der Waals surface area contributed by atoms with Crippen molar-refractivity contribution in [3.05, 3.63) is 15.9 Å². The molecule has 0 bridgehead atoms. The molecule has 1 amide bonds. The van der Waals surface area contributed by atoms with Crippen LogP contribution >= 0.6 is 27.3 Å². The number of carbonyl (C=O) groups is 1. The molecular formula is C8H8BrNO2S. The van der Waals surface area contributed by atoms with Crippen LogP contribution in [0, 0.1) is 0 Å². The van der Waals surface area contributed by atoms with Gasteiger partial charge in [0.15, 0.2) is 0 Å². The van der Waals surface area contributed by atoms with E-state index < -0.39 is 6.10 Å². The molecule has 1 saturated heterocycles. The molecule has 1 aliphatic heterocycles. The number of hydrogen-bond donors (Lipinski definition) is 1. The van der Waals surface area contributed by atoms with Crippen molar-refractivity contribution < 1.29 is 9.90 Å². The third kappa shape index (κ3) is 1.63. The van der Waals surface area contributed by atoms with Gasteiger partial charge in [0, 0.05) is 13.0 Å². The number of aliphatic hydroxyl groups excluding tert-OH is 1. The maximum atomic E-state index is 11.4. The molecule has 3 nitrogen and oxygen atoms in total. The molecule has 0 saturated carbocycles. The van der Waals surface area contributed by atoms with Gasteiger partial charge in [-0.3, -0.25) is 4.79 Å². The van der Waals surface area contributed by atoms with Gasteiger partial charge in [-0.15, -0.1) is 11.3 Å². The molecule has 2 rings (SSSR count). The van der Waals surface area contributed by atoms with Gasteiger partial charge in [-0.25, -0.2) is 0 Å². The fourth-order valence-electron chi connectivity index (χ4n) is 1.33. The van der Waals surface area contributed by atoms with Gasteiger partial charge in [0.05, 0.1) is 8.79 Å². The van der Waals surface area contributed by atoms with E-state index in [2.05, 4.69) is 15.9 Å². The first-order valence-electron chi connectivity index (χ1n) is 3.93. The summed E-state index contributed by atoms with van der Waals surface area (Å²) in [5, 5.41) is 10.1. The summed E-state index contributed by atoms with van der Waals surface area (Å²) in [7, 11) is 0. The minimum atomic E-state index is -0.805. The summed E-state index contributed by atoms with van der Waals surface area (Å²) in [6.07, 6.45) is -0.269. The summed E-state index contributed by atoms with van der Waals surface area (Å²) >= 11 is 4.83. The normalized spacial score (nSPS) is 22.8. The van der Waals surface area contributed by atoms with E-state index in [1.807, 2.05) is 12.1 Å². The van der Waals surface area contributed by atoms with Crippen LogP contribution in [0.25, 0.3) is 0 Å². The predicted molar refractivity (Wildman–Crippen MR) is 55.0 cm³/mol. The highest BCUT2D eigenvalue weighted by Crippen LogP contribution is 2.32. The Morgan fingerprint density at radius 1 is 1.62 bits per heavy atom. The third-order valence-corrected chi connectivity index (χ3v) is 3.65. The molecule has 2 heterocycles. The van der Waals surface area contributed by atoms with E-state index in [1.54, 1.807) is 4.90 Å². The van der Waals surface area contributed by atoms with Crippen molar-refractivity contribution in [3.63, 3.8) is 0 Å². The van der Waals surface area contributed by atoms with Crippen LogP contribution in [0.1, 0.15) is 6.42 Å². The van der Waals surface area contributed by atoms with Crippen LogP contribution in [-0.4, -0.2) is 23.7 Å². The minimum absolute atomic E-state index is 0.186. The molecule has 1 atom stereocenters. The Balaban J connectivity index is 2.23. The van der Waals surface area contributed by atoms with Gasteiger partial charge in [-0.05, 0) is 28.1 Å². The first-order chi connectivity index (χ1) is 6.18. The van der Waals surface area contributed by atoms with Gasteiger partial charge in [0.1, 0.15) is 6.10 Å². The van der Waals surface area contributed by atoms with Crippen LogP contribution in [0.4, 0.5) is 5.00 Å². The Labute approximate surface area is 88.1 Å². The van der Waals surface area contributed by atoms with E-state index in [4.69, 9.17) is 0 Å². The average molecular weight is 262 g/mol. The lowest BCUT2D eigenvalue weighted by Gasteiger charge is -2.12. The van der Waals surface area contributed by atoms with Crippen molar-refractivity contribution in [2.24, 2.45) is 0 Å². The molecule has 1 fully saturated rings. The maximum absolute atomic E-state index is 11.4. The van der Waals surface area contributed by atoms with Gasteiger partial charge < -0.3 is 10.0 Å². The quantitative estimate of drug-likeness (QED) is 0.835. The number of aliphatic hydroxyl groups is 1. The van der Waals surface area contributed by atoms with E-state index in [0.717, 1.165) is 8.79 Å². The summed E-state index contributed by atoms with van der Waals surface area (Å²) in [5.74, 6) is -0.186. The first-order valence-corrected chi connectivity index (χ1v) is 5.54. The molecule has 1 aromatic heterocycles. The number of amides is 1. The fourth-order valence-corrected chi connectivity index (χ4v) is 2.73. The first kappa shape index (κ1) is 9.18. The van der Waals surface area contributed by atoms with E-state index in [-0.39, 0.29) is 5.91 Å². The second-order valence-corrected chi connectivity index (χ2v) is 5.31. The van der Waals surface area contributed by atoms with Gasteiger partial charge >= 0.3 is 0 Å². The number of nitrogens with zero attached hydrogens (tertiary/aromatic N) is 1. The van der Waals surface area contributed by atoms with E-state index in [0.29, 0.717) is 13.0 Å². The van der Waals surface area contributed by atoms with Crippen LogP contribution in [0.2, 0.25) is 0 Å². The summed E-state index contributed by atoms with van der Waals surface area (Å²) in [5.41, 5.74) is 0. The zero-order chi connectivity index (χ0) is 9.42. The summed E-state index contributed by atoms with van der Waals surface area (Å²) in [6.45, 7) is 0.618. The highest BCUT2D eigenvalue weighted by Gasteiger charge is 2.31. The van der Waals surface area contributed by atoms with Crippen molar-refractivity contribution in [1.29, 1.82) is 0 Å². The van der Waals surface area contributed by atoms with Gasteiger partial charge in [0.25, 0.3) is 5.91 Å². The van der Waals surface area contributed by atoms with Crippen LogP contribution in [0.3, 0.4) is 0 Å². The summed E-state index contributed by atoms with van der Waals surface area (Å²) in [6, 6.07) is 3.78. The second-order valence-electron chi connectivity index (χ2n) is 2.87. The largest absolute Gasteiger partial charge is 0.383 e. The molecule has 0 aromatic carbocycles. The topological polar surface area (TPSA) is 40.5 Å². The molecule has 0 aliphatic carbocycles. The molecule has 70 valence electrons. The lowest BCUT2D eigenvalue weighted by atomic mass is 10.3. The number of hydrogen-bond acceptors (Lipinski definition) is 3. The lowest BCUT2D eigenvalue weighted by molar-refractivity contribution is -0.123. The number of carbonyl (C=O) groups excluding carboxylic acids is 1. The molecular weight excluding hydrogens is 254 g/mol. The van der Waals surface area contributed by atoms with Gasteiger partial charge in [-0.2, -0.15) is 0 Å². The Bertz CT molecular complexity index is 339. The summed E-state index contributed by atoms with van der Waals surface area (Å²) in [4.78, 5) is 13.0. The molecule has 0 radical (unpaired) electrons. The monoisotopic (exact) mass is 261 g/mol. The van der Waals surface area contributed by atoms with E-state index >= 15 is 0 Å². The average Bonchev–Trinajstić information content (AvgIpc) is 2.62. The molecule has 5 heteroatoms. The van der Waals surface area contributed by atoms with E-state index in [9.17, 15) is 9.90 Å². The molecule has 13 heavy (non-hydrogen) atoms. The van der Waals surface area contributed by atoms with Crippen LogP contribution in [-0.2, 0) is 4.79 Å². The maximum Gasteiger partial charge on any atom is 0.256 e. The Hall–Kier alpha value is -0.390. The van der Waals surface area contributed by atoms with Gasteiger partial charge in [-0.1, -0.05) is 0 Å². The van der Waals surface area contributed by atoms with Crippen LogP contribution < -0.4 is 4.90 Å². The molecule has 1 unspecified atom stereocenters.